The average Bonchev–Trinajstić information content (AvgIpc) is 2.86. The molecule has 2 nitrogen and oxygen atoms in total. The predicted molar refractivity (Wildman–Crippen MR) is 76.8 cm³/mol. The molecule has 1 heterocycles. The first-order valence-electron chi connectivity index (χ1n) is 7.36. The Morgan fingerprint density at radius 2 is 2.06 bits per heavy atom. The molecule has 2 N–H and O–H groups in total. The van der Waals surface area contributed by atoms with E-state index in [4.69, 9.17) is 5.73 Å². The van der Waals surface area contributed by atoms with Crippen LogP contribution < -0.4 is 10.6 Å². The minimum absolute atomic E-state index is 0.651. The van der Waals surface area contributed by atoms with Gasteiger partial charge in [-0.15, -0.1) is 0 Å². The predicted octanol–water partition coefficient (Wildman–Crippen LogP) is 3.22. The molecule has 2 aliphatic rings. The number of nitrogens with zero attached hydrogens (tertiary/aromatic N) is 1. The molecule has 1 saturated heterocycles. The highest BCUT2D eigenvalue weighted by Crippen LogP contribution is 2.39. The summed E-state index contributed by atoms with van der Waals surface area (Å²) < 4.78 is 0. The molecule has 0 amide bonds. The van der Waals surface area contributed by atoms with E-state index in [1.165, 1.54) is 55.5 Å². The minimum Gasteiger partial charge on any atom is -0.368 e. The first kappa shape index (κ1) is 12.0. The van der Waals surface area contributed by atoms with Gasteiger partial charge in [-0.25, -0.2) is 0 Å². The first-order valence-corrected chi connectivity index (χ1v) is 7.36. The lowest BCUT2D eigenvalue weighted by molar-refractivity contribution is 0.362. The largest absolute Gasteiger partial charge is 0.368 e. The molecule has 1 aromatic rings. The number of fused-ring (bicyclic) bond motifs is 1. The first-order chi connectivity index (χ1) is 8.79. The standard InChI is InChI=1S/C16H24N2/c1-12-10-15(8-7-14(12)11-17)18-9-3-5-13-4-2-6-16(13)18/h7-8,10,13,16H,2-6,9,11,17H2,1H3. The summed E-state index contributed by atoms with van der Waals surface area (Å²) in [6.45, 7) is 4.07. The molecule has 0 aromatic heterocycles. The maximum atomic E-state index is 5.75. The molecule has 98 valence electrons. The van der Waals surface area contributed by atoms with Gasteiger partial charge < -0.3 is 10.6 Å². The molecule has 18 heavy (non-hydrogen) atoms. The number of piperidine rings is 1. The Balaban J connectivity index is 1.87. The fourth-order valence-electron chi connectivity index (χ4n) is 3.86. The third-order valence-corrected chi connectivity index (χ3v) is 4.87. The van der Waals surface area contributed by atoms with E-state index in [9.17, 15) is 0 Å². The number of benzene rings is 1. The number of hydrogen-bond acceptors (Lipinski definition) is 2. The second-order valence-corrected chi connectivity index (χ2v) is 5.91. The average molecular weight is 244 g/mol. The van der Waals surface area contributed by atoms with Crippen LogP contribution in [-0.2, 0) is 6.54 Å². The van der Waals surface area contributed by atoms with Gasteiger partial charge in [-0.3, -0.25) is 0 Å². The smallest absolute Gasteiger partial charge is 0.0371 e. The van der Waals surface area contributed by atoms with Gasteiger partial charge in [0.05, 0.1) is 0 Å². The van der Waals surface area contributed by atoms with E-state index in [1.807, 2.05) is 0 Å². The van der Waals surface area contributed by atoms with E-state index >= 15 is 0 Å². The van der Waals surface area contributed by atoms with Gasteiger partial charge in [0.25, 0.3) is 0 Å². The molecule has 2 unspecified atom stereocenters. The van der Waals surface area contributed by atoms with Crippen LogP contribution >= 0.6 is 0 Å². The van der Waals surface area contributed by atoms with Crippen LogP contribution in [0.3, 0.4) is 0 Å². The Bertz CT molecular complexity index is 427. The van der Waals surface area contributed by atoms with Gasteiger partial charge in [0.1, 0.15) is 0 Å². The van der Waals surface area contributed by atoms with Crippen molar-refractivity contribution in [1.82, 2.24) is 0 Å². The molecular formula is C16H24N2. The van der Waals surface area contributed by atoms with Crippen molar-refractivity contribution in [3.8, 4) is 0 Å². The second-order valence-electron chi connectivity index (χ2n) is 5.91. The number of aryl methyl sites for hydroxylation is 1. The maximum Gasteiger partial charge on any atom is 0.0371 e. The van der Waals surface area contributed by atoms with Crippen molar-refractivity contribution in [2.45, 2.75) is 51.6 Å². The number of nitrogens with two attached hydrogens (primary N) is 1. The van der Waals surface area contributed by atoms with Crippen LogP contribution in [0.25, 0.3) is 0 Å². The molecular weight excluding hydrogens is 220 g/mol. The zero-order chi connectivity index (χ0) is 12.5. The third kappa shape index (κ3) is 2.03. The van der Waals surface area contributed by atoms with Gasteiger partial charge in [-0.05, 0) is 61.8 Å². The van der Waals surface area contributed by atoms with Crippen LogP contribution in [0.4, 0.5) is 5.69 Å². The highest BCUT2D eigenvalue weighted by molar-refractivity contribution is 5.52. The monoisotopic (exact) mass is 244 g/mol. The zero-order valence-corrected chi connectivity index (χ0v) is 11.4. The lowest BCUT2D eigenvalue weighted by Crippen LogP contribution is -2.42. The summed E-state index contributed by atoms with van der Waals surface area (Å²) >= 11 is 0. The van der Waals surface area contributed by atoms with Crippen molar-refractivity contribution >= 4 is 5.69 Å². The fraction of sp³-hybridized carbons (Fsp3) is 0.625. The summed E-state index contributed by atoms with van der Waals surface area (Å²) in [6.07, 6.45) is 7.06. The molecule has 2 atom stereocenters. The number of hydrogen-bond donors (Lipinski definition) is 1. The molecule has 1 aliphatic heterocycles. The third-order valence-electron chi connectivity index (χ3n) is 4.87. The number of rotatable bonds is 2. The van der Waals surface area contributed by atoms with Gasteiger partial charge in [0, 0.05) is 24.8 Å². The summed E-state index contributed by atoms with van der Waals surface area (Å²) in [5, 5.41) is 0. The molecule has 2 fully saturated rings. The van der Waals surface area contributed by atoms with Gasteiger partial charge in [0.15, 0.2) is 0 Å². The molecule has 1 aromatic carbocycles. The molecule has 1 saturated carbocycles. The van der Waals surface area contributed by atoms with Crippen molar-refractivity contribution in [3.63, 3.8) is 0 Å². The Morgan fingerprint density at radius 3 is 2.83 bits per heavy atom. The van der Waals surface area contributed by atoms with Crippen LogP contribution in [0, 0.1) is 12.8 Å². The van der Waals surface area contributed by atoms with Crippen molar-refractivity contribution < 1.29 is 0 Å². The van der Waals surface area contributed by atoms with E-state index in [1.54, 1.807) is 0 Å². The molecule has 1 aliphatic carbocycles. The van der Waals surface area contributed by atoms with Crippen molar-refractivity contribution in [2.24, 2.45) is 11.7 Å². The molecule has 2 heteroatoms. The number of anilines is 1. The van der Waals surface area contributed by atoms with Gasteiger partial charge in [0.2, 0.25) is 0 Å². The molecule has 0 bridgehead atoms. The lowest BCUT2D eigenvalue weighted by atomic mass is 9.91. The Morgan fingerprint density at radius 1 is 1.22 bits per heavy atom. The van der Waals surface area contributed by atoms with Crippen molar-refractivity contribution in [2.75, 3.05) is 11.4 Å². The van der Waals surface area contributed by atoms with Gasteiger partial charge in [-0.2, -0.15) is 0 Å². The van der Waals surface area contributed by atoms with Gasteiger partial charge >= 0.3 is 0 Å². The lowest BCUT2D eigenvalue weighted by Gasteiger charge is -2.39. The maximum absolute atomic E-state index is 5.75. The second kappa shape index (κ2) is 4.93. The summed E-state index contributed by atoms with van der Waals surface area (Å²) in [6, 6.07) is 7.63. The highest BCUT2D eigenvalue weighted by Gasteiger charge is 2.34. The zero-order valence-electron chi connectivity index (χ0n) is 11.4. The minimum atomic E-state index is 0.651. The van der Waals surface area contributed by atoms with E-state index in [0.29, 0.717) is 6.54 Å². The van der Waals surface area contributed by atoms with E-state index in [2.05, 4.69) is 30.0 Å². The van der Waals surface area contributed by atoms with Gasteiger partial charge in [-0.1, -0.05) is 12.5 Å². The van der Waals surface area contributed by atoms with Crippen LogP contribution in [0.15, 0.2) is 18.2 Å². The van der Waals surface area contributed by atoms with E-state index < -0.39 is 0 Å². The van der Waals surface area contributed by atoms with E-state index in [-0.39, 0.29) is 0 Å². The Labute approximate surface area is 110 Å². The summed E-state index contributed by atoms with van der Waals surface area (Å²) in [4.78, 5) is 2.66. The summed E-state index contributed by atoms with van der Waals surface area (Å²) in [7, 11) is 0. The fourth-order valence-corrected chi connectivity index (χ4v) is 3.86. The van der Waals surface area contributed by atoms with Crippen molar-refractivity contribution in [3.05, 3.63) is 29.3 Å². The summed E-state index contributed by atoms with van der Waals surface area (Å²) in [5.74, 6) is 0.952. The quantitative estimate of drug-likeness (QED) is 0.865. The SMILES string of the molecule is Cc1cc(N2CCCC3CCCC32)ccc1CN. The molecule has 0 spiro atoms. The Kier molecular flexibility index (Phi) is 3.29. The highest BCUT2D eigenvalue weighted by atomic mass is 15.2. The van der Waals surface area contributed by atoms with Crippen LogP contribution in [0.5, 0.6) is 0 Å². The normalized spacial score (nSPS) is 27.3. The molecule has 3 rings (SSSR count). The summed E-state index contributed by atoms with van der Waals surface area (Å²) in [5.41, 5.74) is 9.79. The van der Waals surface area contributed by atoms with Crippen LogP contribution in [-0.4, -0.2) is 12.6 Å². The van der Waals surface area contributed by atoms with Crippen molar-refractivity contribution in [1.29, 1.82) is 0 Å². The Hall–Kier alpha value is -1.02. The van der Waals surface area contributed by atoms with Crippen LogP contribution in [0.2, 0.25) is 0 Å². The molecule has 0 radical (unpaired) electrons. The van der Waals surface area contributed by atoms with E-state index in [0.717, 1.165) is 12.0 Å². The van der Waals surface area contributed by atoms with Crippen LogP contribution in [0.1, 0.15) is 43.2 Å². The topological polar surface area (TPSA) is 29.3 Å².